The van der Waals surface area contributed by atoms with E-state index in [9.17, 15) is 33.6 Å². The molecule has 0 radical (unpaired) electrons. The molecule has 1 saturated heterocycles. The van der Waals surface area contributed by atoms with Crippen molar-refractivity contribution in [2.75, 3.05) is 29.2 Å². The van der Waals surface area contributed by atoms with E-state index in [0.717, 1.165) is 22.4 Å². The fraction of sp³-hybridized carbons (Fsp3) is 0.373. The highest BCUT2D eigenvalue weighted by Crippen LogP contribution is 2.52. The number of ketones is 3. The van der Waals surface area contributed by atoms with E-state index in [0.29, 0.717) is 59.6 Å². The van der Waals surface area contributed by atoms with E-state index in [4.69, 9.17) is 44.3 Å². The highest BCUT2D eigenvalue weighted by Gasteiger charge is 2.60. The van der Waals surface area contributed by atoms with Crippen LogP contribution in [-0.2, 0) is 44.8 Å². The quantitative estimate of drug-likeness (QED) is 0.0484. The van der Waals surface area contributed by atoms with E-state index >= 15 is 0 Å². The van der Waals surface area contributed by atoms with Crippen LogP contribution in [0.2, 0.25) is 15.1 Å². The van der Waals surface area contributed by atoms with Gasteiger partial charge in [-0.25, -0.2) is 4.68 Å². The summed E-state index contributed by atoms with van der Waals surface area (Å²) >= 11 is 18.8. The number of rotatable bonds is 20. The Bertz CT molecular complexity index is 3250. The predicted molar refractivity (Wildman–Crippen MR) is 302 cm³/mol. The lowest BCUT2D eigenvalue weighted by molar-refractivity contribution is -0.146. The van der Waals surface area contributed by atoms with Gasteiger partial charge in [-0.3, -0.25) is 33.6 Å². The van der Waals surface area contributed by atoms with E-state index in [2.05, 4.69) is 26.3 Å². The van der Waals surface area contributed by atoms with Crippen LogP contribution in [0.5, 0.6) is 5.75 Å². The number of halogens is 3. The Morgan fingerprint density at radius 3 is 2.12 bits per heavy atom. The van der Waals surface area contributed by atoms with Crippen LogP contribution in [0.1, 0.15) is 95.0 Å². The first-order chi connectivity index (χ1) is 37.1. The van der Waals surface area contributed by atoms with Crippen LogP contribution in [0.3, 0.4) is 0 Å². The fourth-order valence-electron chi connectivity index (χ4n) is 9.27. The number of aromatic nitrogens is 3. The number of carbonyl (C=O) groups is 7. The van der Waals surface area contributed by atoms with E-state index < -0.39 is 64.2 Å². The van der Waals surface area contributed by atoms with Gasteiger partial charge in [-0.05, 0) is 119 Å². The SMILES string of the molecule is CCOC1C(=O)C(C(C(=O)Nc2cc(C)c(Cl)cc2Cl)C(=O)C2(CC)CC2)C(=O)N1Cc1ccccc1.Cc1ccc(OCCCC(=O)Nc2ccc(Cl)c(NC(=O)C(C(=O)C(C)(C)C)n3nnc4ccccc43)c2)c(C)c1. The molecule has 5 aromatic carbocycles. The molecule has 0 spiro atoms. The van der Waals surface area contributed by atoms with Gasteiger partial charge in [0, 0.05) is 41.1 Å². The first kappa shape index (κ1) is 58.7. The summed E-state index contributed by atoms with van der Waals surface area (Å²) in [5.41, 5.74) is 4.23. The monoisotopic (exact) mass is 1120 g/mol. The number of anilines is 3. The van der Waals surface area contributed by atoms with Gasteiger partial charge in [-0.1, -0.05) is 128 Å². The number of likely N-dealkylation sites (tertiary alicyclic amines) is 1. The van der Waals surface area contributed by atoms with Crippen LogP contribution < -0.4 is 20.7 Å². The summed E-state index contributed by atoms with van der Waals surface area (Å²) in [5, 5.41) is 17.4. The maximum atomic E-state index is 13.8. The third-order valence-electron chi connectivity index (χ3n) is 13.9. The summed E-state index contributed by atoms with van der Waals surface area (Å²) in [5.74, 6) is -5.65. The average Bonchev–Trinajstić information content (AvgIpc) is 4.15. The second-order valence-electron chi connectivity index (χ2n) is 20.7. The van der Waals surface area contributed by atoms with Gasteiger partial charge < -0.3 is 30.3 Å². The zero-order valence-electron chi connectivity index (χ0n) is 44.9. The van der Waals surface area contributed by atoms with Crippen LogP contribution in [0, 0.1) is 43.4 Å². The number of hydrogen-bond donors (Lipinski definition) is 3. The summed E-state index contributed by atoms with van der Waals surface area (Å²) in [6, 6.07) is 28.9. The number of benzene rings is 5. The number of nitrogens with one attached hydrogen (secondary N) is 3. The molecule has 78 heavy (non-hydrogen) atoms. The summed E-state index contributed by atoms with van der Waals surface area (Å²) < 4.78 is 12.8. The molecule has 3 N–H and O–H groups in total. The third-order valence-corrected chi connectivity index (χ3v) is 14.9. The van der Waals surface area contributed by atoms with Gasteiger partial charge in [0.1, 0.15) is 23.1 Å². The number of hydrogen-bond acceptors (Lipinski definition) is 11. The minimum atomic E-state index is -1.50. The lowest BCUT2D eigenvalue weighted by Gasteiger charge is -2.25. The summed E-state index contributed by atoms with van der Waals surface area (Å²) in [6.45, 7) is 15.3. The Hall–Kier alpha value is -6.98. The van der Waals surface area contributed by atoms with E-state index in [-0.39, 0.29) is 52.7 Å². The van der Waals surface area contributed by atoms with Crippen molar-refractivity contribution < 1.29 is 43.0 Å². The summed E-state index contributed by atoms with van der Waals surface area (Å²) in [4.78, 5) is 95.9. The molecule has 410 valence electrons. The minimum Gasteiger partial charge on any atom is -0.493 e. The highest BCUT2D eigenvalue weighted by molar-refractivity contribution is 6.37. The van der Waals surface area contributed by atoms with Crippen molar-refractivity contribution in [3.63, 3.8) is 0 Å². The lowest BCUT2D eigenvalue weighted by Crippen LogP contribution is -2.44. The summed E-state index contributed by atoms with van der Waals surface area (Å²) in [6.07, 6.45) is 1.35. The molecule has 0 bridgehead atoms. The largest absolute Gasteiger partial charge is 0.493 e. The maximum absolute atomic E-state index is 13.8. The van der Waals surface area contributed by atoms with Gasteiger partial charge in [0.05, 0.1) is 33.5 Å². The normalized spacial score (nSPS) is 16.4. The molecule has 16 nitrogen and oxygen atoms in total. The van der Waals surface area contributed by atoms with Crippen LogP contribution in [0.15, 0.2) is 103 Å². The van der Waals surface area contributed by atoms with Crippen LogP contribution in [0.25, 0.3) is 11.0 Å². The standard InChI is InChI=1S/C31H34ClN5O4.C28H30Cl2N2O5/c1-19-12-15-26(20(2)17-19)41-16-8-11-27(38)33-21-13-14-22(32)24(18-21)34-30(40)28(29(39)31(3,4)5)37-25-10-7-6-9-23(25)35-36-37;1-4-28(11-12-28)24(34)22(25(35)31-20-13-16(3)18(29)14-19(20)30)21-23(33)27(37-5-2)32(26(21)36)15-17-9-7-6-8-10-17/h6-7,9-10,12-15,17-18,28H,8,11,16H2,1-5H3,(H,33,38)(H,34,40);6-10,13-14,21-22,27H,4-5,11-12,15H2,1-3H3,(H,31,35). The first-order valence-corrected chi connectivity index (χ1v) is 27.0. The average molecular weight is 1120 g/mol. The molecule has 8 rings (SSSR count). The predicted octanol–water partition coefficient (Wildman–Crippen LogP) is 11.5. The molecule has 4 unspecified atom stereocenters. The van der Waals surface area contributed by atoms with Gasteiger partial charge in [-0.15, -0.1) is 5.10 Å². The van der Waals surface area contributed by atoms with Crippen LogP contribution in [-0.4, -0.2) is 80.3 Å². The number of ether oxygens (including phenoxy) is 2. The minimum absolute atomic E-state index is 0.121. The van der Waals surface area contributed by atoms with Crippen molar-refractivity contribution in [1.29, 1.82) is 0 Å². The van der Waals surface area contributed by atoms with E-state index in [1.807, 2.05) is 69.3 Å². The molecule has 1 aliphatic heterocycles. The number of carbonyl (C=O) groups excluding carboxylic acids is 7. The molecule has 2 aliphatic rings. The zero-order valence-corrected chi connectivity index (χ0v) is 47.1. The second kappa shape index (κ2) is 25.2. The number of para-hydroxylation sites is 1. The molecule has 1 saturated carbocycles. The number of amides is 4. The molecule has 4 atom stereocenters. The number of fused-ring (bicyclic) bond motifs is 1. The van der Waals surface area contributed by atoms with Gasteiger partial charge in [0.15, 0.2) is 29.6 Å². The molecule has 6 aromatic rings. The van der Waals surface area contributed by atoms with Crippen LogP contribution >= 0.6 is 34.8 Å². The molecule has 1 aromatic heterocycles. The van der Waals surface area contributed by atoms with Crippen molar-refractivity contribution >= 4 is 104 Å². The lowest BCUT2D eigenvalue weighted by atomic mass is 9.78. The number of Topliss-reactive ketones (excluding diaryl/α,β-unsaturated/α-hetero) is 3. The third kappa shape index (κ3) is 13.6. The molecule has 4 amide bonds. The molecular weight excluding hydrogens is 1060 g/mol. The van der Waals surface area contributed by atoms with Gasteiger partial charge in [0.25, 0.3) is 5.91 Å². The zero-order chi connectivity index (χ0) is 56.6. The molecule has 2 fully saturated rings. The van der Waals surface area contributed by atoms with Crippen LogP contribution in [0.4, 0.5) is 17.1 Å². The Morgan fingerprint density at radius 2 is 1.45 bits per heavy atom. The van der Waals surface area contributed by atoms with Crippen molar-refractivity contribution in [3.8, 4) is 5.75 Å². The molecule has 1 aliphatic carbocycles. The first-order valence-electron chi connectivity index (χ1n) is 25.8. The van der Waals surface area contributed by atoms with Gasteiger partial charge in [-0.2, -0.15) is 0 Å². The van der Waals surface area contributed by atoms with Gasteiger partial charge >= 0.3 is 0 Å². The number of aryl methyl sites for hydroxylation is 3. The fourth-order valence-corrected chi connectivity index (χ4v) is 9.86. The Balaban J connectivity index is 0.000000227. The molecule has 19 heteroatoms. The highest BCUT2D eigenvalue weighted by atomic mass is 35.5. The Labute approximate surface area is 468 Å². The van der Waals surface area contributed by atoms with Gasteiger partial charge in [0.2, 0.25) is 17.7 Å². The van der Waals surface area contributed by atoms with E-state index in [1.54, 1.807) is 83.1 Å². The van der Waals surface area contributed by atoms with Crippen molar-refractivity contribution in [1.82, 2.24) is 19.9 Å². The smallest absolute Gasteiger partial charge is 0.257 e. The summed E-state index contributed by atoms with van der Waals surface area (Å²) in [7, 11) is 0. The molecular formula is C59H64Cl3N7O9. The van der Waals surface area contributed by atoms with Crippen molar-refractivity contribution in [2.45, 2.75) is 106 Å². The Morgan fingerprint density at radius 1 is 0.769 bits per heavy atom. The van der Waals surface area contributed by atoms with E-state index in [1.165, 1.54) is 15.6 Å². The number of nitrogens with zero attached hydrogens (tertiary/aromatic N) is 4. The Kier molecular flexibility index (Phi) is 19.0. The maximum Gasteiger partial charge on any atom is 0.257 e. The molecule has 2 heterocycles. The topological polar surface area (TPSA) is 208 Å². The van der Waals surface area contributed by atoms with Crippen molar-refractivity contribution in [2.24, 2.45) is 22.7 Å². The van der Waals surface area contributed by atoms with Crippen molar-refractivity contribution in [3.05, 3.63) is 140 Å². The second-order valence-corrected chi connectivity index (χ2v) is 21.9.